The average Bonchev–Trinajstić information content (AvgIpc) is 2.36. The maximum Gasteiger partial charge on any atom is 0.338 e. The first kappa shape index (κ1) is 15.7. The molecule has 1 amide bonds. The van der Waals surface area contributed by atoms with Crippen molar-refractivity contribution in [2.24, 2.45) is 0 Å². The third-order valence-corrected chi connectivity index (χ3v) is 2.38. The van der Waals surface area contributed by atoms with Crippen LogP contribution in [0.15, 0.2) is 24.3 Å². The number of nitriles is 1. The molecule has 1 atom stereocenters. The zero-order valence-electron chi connectivity index (χ0n) is 12.1. The number of carbonyl (C=O) groups is 2. The number of hydrogen-bond donors (Lipinski definition) is 1. The highest BCUT2D eigenvalue weighted by molar-refractivity contribution is 5.92. The molecule has 0 aliphatic carbocycles. The van der Waals surface area contributed by atoms with Crippen LogP contribution in [0.25, 0.3) is 0 Å². The Morgan fingerprint density at radius 1 is 1.35 bits per heavy atom. The van der Waals surface area contributed by atoms with Crippen LogP contribution in [-0.4, -0.2) is 23.5 Å². The minimum Gasteiger partial charge on any atom is -0.449 e. The Balaban J connectivity index is 2.70. The van der Waals surface area contributed by atoms with E-state index in [0.29, 0.717) is 5.56 Å². The van der Waals surface area contributed by atoms with Gasteiger partial charge in [-0.1, -0.05) is 6.07 Å². The lowest BCUT2D eigenvalue weighted by molar-refractivity contribution is -0.130. The smallest absolute Gasteiger partial charge is 0.338 e. The van der Waals surface area contributed by atoms with Gasteiger partial charge in [-0.15, -0.1) is 0 Å². The minimum atomic E-state index is -0.896. The molecule has 0 saturated heterocycles. The van der Waals surface area contributed by atoms with E-state index in [9.17, 15) is 9.59 Å². The summed E-state index contributed by atoms with van der Waals surface area (Å²) >= 11 is 0. The van der Waals surface area contributed by atoms with Crippen LogP contribution in [0.4, 0.5) is 0 Å². The summed E-state index contributed by atoms with van der Waals surface area (Å²) in [7, 11) is 0. The van der Waals surface area contributed by atoms with Crippen molar-refractivity contribution in [3.63, 3.8) is 0 Å². The van der Waals surface area contributed by atoms with Crippen molar-refractivity contribution in [3.05, 3.63) is 35.4 Å². The molecular weight excluding hydrogens is 256 g/mol. The Labute approximate surface area is 118 Å². The van der Waals surface area contributed by atoms with Crippen LogP contribution in [0.3, 0.4) is 0 Å². The molecule has 1 aromatic rings. The highest BCUT2D eigenvalue weighted by Crippen LogP contribution is 2.08. The fourth-order valence-corrected chi connectivity index (χ4v) is 1.47. The van der Waals surface area contributed by atoms with Crippen molar-refractivity contribution >= 4 is 11.9 Å². The zero-order valence-corrected chi connectivity index (χ0v) is 12.1. The van der Waals surface area contributed by atoms with Gasteiger partial charge in [0, 0.05) is 5.54 Å². The highest BCUT2D eigenvalue weighted by atomic mass is 16.5. The van der Waals surface area contributed by atoms with Crippen LogP contribution in [-0.2, 0) is 9.53 Å². The van der Waals surface area contributed by atoms with Crippen LogP contribution in [0.1, 0.15) is 43.6 Å². The van der Waals surface area contributed by atoms with Crippen molar-refractivity contribution < 1.29 is 14.3 Å². The summed E-state index contributed by atoms with van der Waals surface area (Å²) in [6.45, 7) is 7.04. The summed E-state index contributed by atoms with van der Waals surface area (Å²) in [6, 6.07) is 8.09. The molecule has 20 heavy (non-hydrogen) atoms. The third-order valence-electron chi connectivity index (χ3n) is 2.38. The van der Waals surface area contributed by atoms with Crippen molar-refractivity contribution in [3.8, 4) is 6.07 Å². The predicted molar refractivity (Wildman–Crippen MR) is 73.9 cm³/mol. The molecule has 1 aromatic carbocycles. The van der Waals surface area contributed by atoms with Gasteiger partial charge in [-0.05, 0) is 45.9 Å². The molecule has 1 unspecified atom stereocenters. The second kappa shape index (κ2) is 6.20. The molecule has 0 aromatic heterocycles. The fraction of sp³-hybridized carbons (Fsp3) is 0.400. The molecule has 1 rings (SSSR count). The maximum atomic E-state index is 11.9. The first-order valence-corrected chi connectivity index (χ1v) is 6.26. The van der Waals surface area contributed by atoms with Crippen LogP contribution < -0.4 is 5.32 Å². The normalized spacial score (nSPS) is 12.2. The molecule has 5 nitrogen and oxygen atoms in total. The second-order valence-electron chi connectivity index (χ2n) is 5.48. The summed E-state index contributed by atoms with van der Waals surface area (Å²) in [6.07, 6.45) is -0.896. The van der Waals surface area contributed by atoms with Gasteiger partial charge in [0.15, 0.2) is 6.10 Å². The molecular formula is C15H18N2O3. The molecule has 0 fully saturated rings. The van der Waals surface area contributed by atoms with E-state index < -0.39 is 17.6 Å². The van der Waals surface area contributed by atoms with Gasteiger partial charge in [0.1, 0.15) is 0 Å². The Bertz CT molecular complexity index is 553. The minimum absolute atomic E-state index is 0.249. The first-order valence-electron chi connectivity index (χ1n) is 6.26. The van der Waals surface area contributed by atoms with E-state index in [2.05, 4.69) is 5.32 Å². The Morgan fingerprint density at radius 2 is 2.00 bits per heavy atom. The molecule has 0 aliphatic heterocycles. The fourth-order valence-electron chi connectivity index (χ4n) is 1.47. The number of carbonyl (C=O) groups excluding carboxylic acids is 2. The lowest BCUT2D eigenvalue weighted by Crippen LogP contribution is -2.46. The summed E-state index contributed by atoms with van der Waals surface area (Å²) in [5.74, 6) is -0.985. The first-order chi connectivity index (χ1) is 9.23. The summed E-state index contributed by atoms with van der Waals surface area (Å²) in [5.41, 5.74) is 0.226. The van der Waals surface area contributed by atoms with Gasteiger partial charge in [0.05, 0.1) is 17.2 Å². The molecule has 1 N–H and O–H groups in total. The monoisotopic (exact) mass is 274 g/mol. The van der Waals surface area contributed by atoms with Crippen molar-refractivity contribution in [1.29, 1.82) is 5.26 Å². The van der Waals surface area contributed by atoms with Crippen molar-refractivity contribution in [2.75, 3.05) is 0 Å². The quantitative estimate of drug-likeness (QED) is 0.855. The third kappa shape index (κ3) is 4.73. The molecule has 0 bridgehead atoms. The van der Waals surface area contributed by atoms with E-state index in [-0.39, 0.29) is 11.5 Å². The number of nitrogens with one attached hydrogen (secondary N) is 1. The molecule has 0 spiro atoms. The molecule has 106 valence electrons. The van der Waals surface area contributed by atoms with Crippen LogP contribution in [0.2, 0.25) is 0 Å². The van der Waals surface area contributed by atoms with Gasteiger partial charge in [-0.25, -0.2) is 4.79 Å². The van der Waals surface area contributed by atoms with Crippen molar-refractivity contribution in [1.82, 2.24) is 5.32 Å². The number of amides is 1. The summed E-state index contributed by atoms with van der Waals surface area (Å²) in [5, 5.41) is 11.5. The molecule has 0 aliphatic rings. The predicted octanol–water partition coefficient (Wildman–Crippen LogP) is 2.02. The highest BCUT2D eigenvalue weighted by Gasteiger charge is 2.22. The number of rotatable bonds is 3. The molecule has 0 saturated carbocycles. The van der Waals surface area contributed by atoms with E-state index in [1.807, 2.05) is 26.8 Å². The number of hydrogen-bond acceptors (Lipinski definition) is 4. The van der Waals surface area contributed by atoms with Crippen LogP contribution in [0, 0.1) is 11.3 Å². The molecule has 0 heterocycles. The van der Waals surface area contributed by atoms with E-state index >= 15 is 0 Å². The van der Waals surface area contributed by atoms with Gasteiger partial charge in [0.25, 0.3) is 5.91 Å². The van der Waals surface area contributed by atoms with E-state index in [0.717, 1.165) is 0 Å². The van der Waals surface area contributed by atoms with Crippen LogP contribution in [0.5, 0.6) is 0 Å². The molecule has 5 heteroatoms. The van der Waals surface area contributed by atoms with Gasteiger partial charge in [0.2, 0.25) is 0 Å². The lowest BCUT2D eigenvalue weighted by atomic mass is 10.1. The van der Waals surface area contributed by atoms with Gasteiger partial charge in [-0.2, -0.15) is 5.26 Å². The van der Waals surface area contributed by atoms with Crippen molar-refractivity contribution in [2.45, 2.75) is 39.3 Å². The summed E-state index contributed by atoms with van der Waals surface area (Å²) < 4.78 is 5.08. The second-order valence-corrected chi connectivity index (χ2v) is 5.48. The Kier molecular flexibility index (Phi) is 4.87. The maximum absolute atomic E-state index is 11.9. The topological polar surface area (TPSA) is 79.2 Å². The largest absolute Gasteiger partial charge is 0.449 e. The standard InChI is InChI=1S/C15H18N2O3/c1-10(13(18)17-15(2,3)4)20-14(19)12-7-5-6-11(8-12)9-16/h5-8,10H,1-4H3,(H,17,18). The van der Waals surface area contributed by atoms with Crippen LogP contribution >= 0.6 is 0 Å². The SMILES string of the molecule is CC(OC(=O)c1cccc(C#N)c1)C(=O)NC(C)(C)C. The van der Waals surface area contributed by atoms with E-state index in [1.54, 1.807) is 12.1 Å². The lowest BCUT2D eigenvalue weighted by Gasteiger charge is -2.23. The van der Waals surface area contributed by atoms with Gasteiger partial charge < -0.3 is 10.1 Å². The average molecular weight is 274 g/mol. The zero-order chi connectivity index (χ0) is 15.3. The number of benzene rings is 1. The number of esters is 1. The van der Waals surface area contributed by atoms with E-state index in [1.165, 1.54) is 19.1 Å². The Morgan fingerprint density at radius 3 is 2.55 bits per heavy atom. The van der Waals surface area contributed by atoms with E-state index in [4.69, 9.17) is 10.00 Å². The Hall–Kier alpha value is -2.35. The number of nitrogens with zero attached hydrogens (tertiary/aromatic N) is 1. The van der Waals surface area contributed by atoms with Gasteiger partial charge >= 0.3 is 5.97 Å². The number of ether oxygens (including phenoxy) is 1. The molecule has 0 radical (unpaired) electrons. The summed E-state index contributed by atoms with van der Waals surface area (Å²) in [4.78, 5) is 23.7. The van der Waals surface area contributed by atoms with Gasteiger partial charge in [-0.3, -0.25) is 4.79 Å².